The molecule has 0 aromatic heterocycles. The van der Waals surface area contributed by atoms with Gasteiger partial charge < -0.3 is 10.2 Å². The van der Waals surface area contributed by atoms with Crippen LogP contribution in [0.4, 0.5) is 0 Å². The van der Waals surface area contributed by atoms with Gasteiger partial charge in [0.15, 0.2) is 0 Å². The Morgan fingerprint density at radius 3 is 2.15 bits per heavy atom. The van der Waals surface area contributed by atoms with Crippen molar-refractivity contribution < 1.29 is 15.0 Å². The molecule has 0 heterocycles. The molecular formula is C9H19NO3. The molecule has 4 heteroatoms. The van der Waals surface area contributed by atoms with E-state index in [9.17, 15) is 4.79 Å². The van der Waals surface area contributed by atoms with Crippen molar-refractivity contribution in [3.8, 4) is 0 Å². The first kappa shape index (κ1) is 12.4. The maximum atomic E-state index is 10.8. The molecule has 0 aliphatic rings. The third kappa shape index (κ3) is 4.24. The number of rotatable bonds is 5. The van der Waals surface area contributed by atoms with Gasteiger partial charge in [-0.25, -0.2) is 0 Å². The van der Waals surface area contributed by atoms with Gasteiger partial charge in [0, 0.05) is 5.54 Å². The first-order valence-corrected chi connectivity index (χ1v) is 4.41. The van der Waals surface area contributed by atoms with Crippen LogP contribution < -0.4 is 5.32 Å². The fourth-order valence-corrected chi connectivity index (χ4v) is 0.980. The Hall–Kier alpha value is -0.610. The molecule has 3 N–H and O–H groups in total. The molecule has 0 radical (unpaired) electrons. The van der Waals surface area contributed by atoms with E-state index in [0.717, 1.165) is 0 Å². The molecule has 0 aliphatic carbocycles. The number of carboxylic acids is 1. The summed E-state index contributed by atoms with van der Waals surface area (Å²) < 4.78 is 0. The van der Waals surface area contributed by atoms with Crippen molar-refractivity contribution in [3.05, 3.63) is 0 Å². The van der Waals surface area contributed by atoms with E-state index in [2.05, 4.69) is 5.32 Å². The number of hydrogen-bond acceptors (Lipinski definition) is 3. The molecule has 0 bridgehead atoms. The molecule has 0 aromatic carbocycles. The summed E-state index contributed by atoms with van der Waals surface area (Å²) in [4.78, 5) is 10.8. The van der Waals surface area contributed by atoms with Gasteiger partial charge in [-0.15, -0.1) is 0 Å². The summed E-state index contributed by atoms with van der Waals surface area (Å²) in [5, 5.41) is 20.7. The Bertz CT molecular complexity index is 178. The normalized spacial score (nSPS) is 14.6. The molecule has 78 valence electrons. The van der Waals surface area contributed by atoms with Gasteiger partial charge in [-0.3, -0.25) is 10.1 Å². The lowest BCUT2D eigenvalue weighted by Crippen LogP contribution is -2.53. The predicted molar refractivity (Wildman–Crippen MR) is 50.6 cm³/mol. The fourth-order valence-electron chi connectivity index (χ4n) is 0.980. The number of carbonyl (C=O) groups is 1. The third-order valence-electron chi connectivity index (χ3n) is 1.87. The van der Waals surface area contributed by atoms with Gasteiger partial charge >= 0.3 is 5.97 Å². The maximum absolute atomic E-state index is 10.8. The summed E-state index contributed by atoms with van der Waals surface area (Å²) in [6.45, 7) is 7.12. The summed E-state index contributed by atoms with van der Waals surface area (Å²) >= 11 is 0. The van der Waals surface area contributed by atoms with Gasteiger partial charge in [0.25, 0.3) is 0 Å². The summed E-state index contributed by atoms with van der Waals surface area (Å²) in [7, 11) is 0. The van der Waals surface area contributed by atoms with E-state index >= 15 is 0 Å². The second-order valence-electron chi connectivity index (χ2n) is 4.25. The second kappa shape index (κ2) is 4.58. The van der Waals surface area contributed by atoms with E-state index < -0.39 is 17.6 Å². The Balaban J connectivity index is 4.35. The standard InChI is InChI=1S/C9H19NO3/c1-6(2)7(8(12)13)10-9(3,4)5-11/h6-7,10-11H,5H2,1-4H3,(H,12,13). The zero-order valence-corrected chi connectivity index (χ0v) is 8.66. The van der Waals surface area contributed by atoms with Crippen LogP contribution in [-0.2, 0) is 4.79 Å². The van der Waals surface area contributed by atoms with Crippen molar-refractivity contribution in [2.24, 2.45) is 5.92 Å². The van der Waals surface area contributed by atoms with E-state index in [-0.39, 0.29) is 12.5 Å². The first-order chi connectivity index (χ1) is 5.80. The maximum Gasteiger partial charge on any atom is 0.320 e. The second-order valence-corrected chi connectivity index (χ2v) is 4.25. The molecule has 0 saturated heterocycles. The van der Waals surface area contributed by atoms with E-state index in [1.54, 1.807) is 13.8 Å². The van der Waals surface area contributed by atoms with Crippen LogP contribution in [0.15, 0.2) is 0 Å². The average molecular weight is 189 g/mol. The van der Waals surface area contributed by atoms with E-state index in [1.807, 2.05) is 13.8 Å². The Morgan fingerprint density at radius 1 is 1.46 bits per heavy atom. The van der Waals surface area contributed by atoms with Gasteiger partial charge in [-0.1, -0.05) is 13.8 Å². The highest BCUT2D eigenvalue weighted by molar-refractivity contribution is 5.73. The van der Waals surface area contributed by atoms with Crippen molar-refractivity contribution in [1.29, 1.82) is 0 Å². The summed E-state index contributed by atoms with van der Waals surface area (Å²) in [5.41, 5.74) is -0.548. The lowest BCUT2D eigenvalue weighted by molar-refractivity contribution is -0.141. The largest absolute Gasteiger partial charge is 0.480 e. The van der Waals surface area contributed by atoms with Gasteiger partial charge in [0.05, 0.1) is 6.61 Å². The highest BCUT2D eigenvalue weighted by Crippen LogP contribution is 2.08. The molecule has 0 fully saturated rings. The third-order valence-corrected chi connectivity index (χ3v) is 1.87. The summed E-state index contributed by atoms with van der Waals surface area (Å²) in [6, 6.07) is -0.609. The van der Waals surface area contributed by atoms with Crippen molar-refractivity contribution in [3.63, 3.8) is 0 Å². The first-order valence-electron chi connectivity index (χ1n) is 4.41. The van der Waals surface area contributed by atoms with Crippen LogP contribution in [0.1, 0.15) is 27.7 Å². The highest BCUT2D eigenvalue weighted by atomic mass is 16.4. The van der Waals surface area contributed by atoms with Crippen LogP contribution >= 0.6 is 0 Å². The summed E-state index contributed by atoms with van der Waals surface area (Å²) in [5.74, 6) is -0.875. The lowest BCUT2D eigenvalue weighted by Gasteiger charge is -2.29. The van der Waals surface area contributed by atoms with Gasteiger partial charge in [-0.2, -0.15) is 0 Å². The van der Waals surface area contributed by atoms with Crippen molar-refractivity contribution in [2.75, 3.05) is 6.61 Å². The van der Waals surface area contributed by atoms with Gasteiger partial charge in [-0.05, 0) is 19.8 Å². The van der Waals surface area contributed by atoms with Crippen molar-refractivity contribution >= 4 is 5.97 Å². The molecule has 1 atom stereocenters. The molecule has 0 rings (SSSR count). The quantitative estimate of drug-likeness (QED) is 0.587. The van der Waals surface area contributed by atoms with Crippen molar-refractivity contribution in [2.45, 2.75) is 39.3 Å². The minimum atomic E-state index is -0.878. The smallest absolute Gasteiger partial charge is 0.320 e. The van der Waals surface area contributed by atoms with Gasteiger partial charge in [0.1, 0.15) is 6.04 Å². The Morgan fingerprint density at radius 2 is 1.92 bits per heavy atom. The molecule has 0 amide bonds. The van der Waals surface area contributed by atoms with Crippen LogP contribution in [0.3, 0.4) is 0 Å². The van der Waals surface area contributed by atoms with Crippen LogP contribution in [0, 0.1) is 5.92 Å². The molecule has 4 nitrogen and oxygen atoms in total. The fraction of sp³-hybridized carbons (Fsp3) is 0.889. The van der Waals surface area contributed by atoms with Crippen LogP contribution in [-0.4, -0.2) is 34.4 Å². The van der Waals surface area contributed by atoms with Crippen LogP contribution in [0.25, 0.3) is 0 Å². The number of aliphatic hydroxyl groups excluding tert-OH is 1. The molecule has 0 aromatic rings. The molecule has 1 unspecified atom stereocenters. The minimum absolute atomic E-state index is 0.00308. The summed E-state index contributed by atoms with van der Waals surface area (Å²) in [6.07, 6.45) is 0. The Kier molecular flexibility index (Phi) is 4.36. The molecular weight excluding hydrogens is 170 g/mol. The average Bonchev–Trinajstić information content (AvgIpc) is 1.99. The lowest BCUT2D eigenvalue weighted by atomic mass is 9.99. The zero-order valence-electron chi connectivity index (χ0n) is 8.66. The number of carboxylic acid groups (broad SMARTS) is 1. The molecule has 13 heavy (non-hydrogen) atoms. The molecule has 0 spiro atoms. The van der Waals surface area contributed by atoms with Crippen LogP contribution in [0.5, 0.6) is 0 Å². The molecule has 0 saturated carbocycles. The number of hydrogen-bond donors (Lipinski definition) is 3. The molecule has 0 aliphatic heterocycles. The van der Waals surface area contributed by atoms with Crippen LogP contribution in [0.2, 0.25) is 0 Å². The van der Waals surface area contributed by atoms with E-state index in [1.165, 1.54) is 0 Å². The Labute approximate surface area is 79.0 Å². The zero-order chi connectivity index (χ0) is 10.6. The van der Waals surface area contributed by atoms with E-state index in [0.29, 0.717) is 0 Å². The predicted octanol–water partition coefficient (Wildman–Crippen LogP) is 0.456. The number of aliphatic carboxylic acids is 1. The van der Waals surface area contributed by atoms with Crippen molar-refractivity contribution in [1.82, 2.24) is 5.32 Å². The SMILES string of the molecule is CC(C)C(NC(C)(C)CO)C(=O)O. The number of aliphatic hydroxyl groups is 1. The van der Waals surface area contributed by atoms with E-state index in [4.69, 9.17) is 10.2 Å². The monoisotopic (exact) mass is 189 g/mol. The minimum Gasteiger partial charge on any atom is -0.480 e. The number of nitrogens with one attached hydrogen (secondary N) is 1. The van der Waals surface area contributed by atoms with Gasteiger partial charge in [0.2, 0.25) is 0 Å². The highest BCUT2D eigenvalue weighted by Gasteiger charge is 2.28. The topological polar surface area (TPSA) is 69.6 Å².